The summed E-state index contributed by atoms with van der Waals surface area (Å²) >= 11 is 1.17. The molecule has 2 N–H and O–H groups in total. The number of hydrogen-bond acceptors (Lipinski definition) is 6. The average molecular weight is 415 g/mol. The lowest BCUT2D eigenvalue weighted by Gasteiger charge is -2.18. The topological polar surface area (TPSA) is 94.7 Å². The maximum absolute atomic E-state index is 14.2. The van der Waals surface area contributed by atoms with Crippen molar-refractivity contribution in [2.24, 2.45) is 5.73 Å². The predicted molar refractivity (Wildman–Crippen MR) is 107 cm³/mol. The van der Waals surface area contributed by atoms with Gasteiger partial charge in [0, 0.05) is 18.4 Å². The molecule has 1 heterocycles. The summed E-state index contributed by atoms with van der Waals surface area (Å²) in [5.41, 5.74) is 6.21. The van der Waals surface area contributed by atoms with Crippen LogP contribution in [0.5, 0.6) is 11.5 Å². The van der Waals surface area contributed by atoms with Gasteiger partial charge in [-0.05, 0) is 24.3 Å². The van der Waals surface area contributed by atoms with Crippen LogP contribution < -0.4 is 20.1 Å². The number of amides is 2. The molecule has 3 rings (SSSR count). The Morgan fingerprint density at radius 1 is 1.24 bits per heavy atom. The summed E-state index contributed by atoms with van der Waals surface area (Å²) in [7, 11) is 1.49. The van der Waals surface area contributed by atoms with E-state index in [1.54, 1.807) is 29.6 Å². The summed E-state index contributed by atoms with van der Waals surface area (Å²) in [4.78, 5) is 29.3. The molecule has 0 radical (unpaired) electrons. The van der Waals surface area contributed by atoms with Gasteiger partial charge in [-0.25, -0.2) is 9.37 Å². The molecule has 0 saturated heterocycles. The standard InChI is InChI=1S/C20H18FN3O4S/c1-12(25)24(17-6-4-3-5-16(17)21)20-23-13(11-29-20)10-28-18-9-14(27-2)7-8-15(18)19(22)26/h3-9,11H,10H2,1-2H3,(H2,22,26). The number of hydrogen-bond donors (Lipinski definition) is 1. The first kappa shape index (κ1) is 20.3. The number of anilines is 2. The first-order valence-electron chi connectivity index (χ1n) is 8.51. The minimum absolute atomic E-state index is 0.0208. The third-order valence-corrected chi connectivity index (χ3v) is 4.84. The Bertz CT molecular complexity index is 1050. The number of benzene rings is 2. The molecule has 9 heteroatoms. The lowest BCUT2D eigenvalue weighted by molar-refractivity contribution is -0.115. The van der Waals surface area contributed by atoms with E-state index in [1.807, 2.05) is 0 Å². The zero-order chi connectivity index (χ0) is 21.0. The first-order chi connectivity index (χ1) is 13.9. The second-order valence-corrected chi connectivity index (χ2v) is 6.78. The molecule has 0 saturated carbocycles. The van der Waals surface area contributed by atoms with E-state index in [0.29, 0.717) is 16.6 Å². The summed E-state index contributed by atoms with van der Waals surface area (Å²) in [6.07, 6.45) is 0. The number of nitrogens with zero attached hydrogens (tertiary/aromatic N) is 2. The van der Waals surface area contributed by atoms with Gasteiger partial charge in [-0.1, -0.05) is 12.1 Å². The van der Waals surface area contributed by atoms with E-state index in [1.165, 1.54) is 48.5 Å². The number of primary amides is 1. The van der Waals surface area contributed by atoms with Gasteiger partial charge in [0.15, 0.2) is 5.13 Å². The number of carbonyl (C=O) groups excluding carboxylic acids is 2. The molecule has 0 unspecified atom stereocenters. The normalized spacial score (nSPS) is 10.4. The van der Waals surface area contributed by atoms with Crippen LogP contribution in [0.3, 0.4) is 0 Å². The smallest absolute Gasteiger partial charge is 0.252 e. The average Bonchev–Trinajstić information content (AvgIpc) is 3.15. The number of ether oxygens (including phenoxy) is 2. The molecule has 150 valence electrons. The lowest BCUT2D eigenvalue weighted by atomic mass is 10.2. The third-order valence-electron chi connectivity index (χ3n) is 3.97. The van der Waals surface area contributed by atoms with Crippen LogP contribution in [0.15, 0.2) is 47.8 Å². The highest BCUT2D eigenvalue weighted by Crippen LogP contribution is 2.31. The Labute approximate surface area is 170 Å². The van der Waals surface area contributed by atoms with E-state index in [-0.39, 0.29) is 29.5 Å². The second-order valence-electron chi connectivity index (χ2n) is 5.94. The molecule has 2 amide bonds. The van der Waals surface area contributed by atoms with E-state index in [2.05, 4.69) is 4.98 Å². The van der Waals surface area contributed by atoms with Gasteiger partial charge in [-0.15, -0.1) is 11.3 Å². The van der Waals surface area contributed by atoms with Gasteiger partial charge in [-0.3, -0.25) is 14.5 Å². The maximum Gasteiger partial charge on any atom is 0.252 e. The minimum atomic E-state index is -0.635. The summed E-state index contributed by atoms with van der Waals surface area (Å²) in [6, 6.07) is 10.6. The van der Waals surface area contributed by atoms with Gasteiger partial charge in [0.1, 0.15) is 23.9 Å². The van der Waals surface area contributed by atoms with Crippen molar-refractivity contribution in [3.8, 4) is 11.5 Å². The number of halogens is 1. The van der Waals surface area contributed by atoms with Crippen LogP contribution in [0, 0.1) is 5.82 Å². The quantitative estimate of drug-likeness (QED) is 0.636. The summed E-state index contributed by atoms with van der Waals surface area (Å²) < 4.78 is 25.0. The van der Waals surface area contributed by atoms with Crippen LogP contribution in [-0.4, -0.2) is 23.9 Å². The van der Waals surface area contributed by atoms with Gasteiger partial charge < -0.3 is 15.2 Å². The largest absolute Gasteiger partial charge is 0.497 e. The van der Waals surface area contributed by atoms with Crippen molar-refractivity contribution >= 4 is 34.0 Å². The number of methoxy groups -OCH3 is 1. The molecule has 1 aromatic heterocycles. The highest BCUT2D eigenvalue weighted by atomic mass is 32.1. The van der Waals surface area contributed by atoms with Crippen molar-refractivity contribution < 1.29 is 23.5 Å². The van der Waals surface area contributed by atoms with Gasteiger partial charge in [0.05, 0.1) is 24.1 Å². The van der Waals surface area contributed by atoms with Gasteiger partial charge in [0.25, 0.3) is 5.91 Å². The molecule has 29 heavy (non-hydrogen) atoms. The Morgan fingerprint density at radius 2 is 2.00 bits per heavy atom. The molecule has 0 spiro atoms. The summed E-state index contributed by atoms with van der Waals surface area (Å²) in [5, 5.41) is 2.00. The maximum atomic E-state index is 14.2. The number of thiazole rings is 1. The zero-order valence-corrected chi connectivity index (χ0v) is 16.5. The van der Waals surface area contributed by atoms with Gasteiger partial charge in [-0.2, -0.15) is 0 Å². The molecular formula is C20H18FN3O4S. The fourth-order valence-corrected chi connectivity index (χ4v) is 3.47. The van der Waals surface area contributed by atoms with Crippen LogP contribution in [0.2, 0.25) is 0 Å². The molecule has 0 fully saturated rings. The Morgan fingerprint density at radius 3 is 2.66 bits per heavy atom. The number of nitrogens with two attached hydrogens (primary N) is 1. The van der Waals surface area contributed by atoms with Crippen molar-refractivity contribution in [2.75, 3.05) is 12.0 Å². The minimum Gasteiger partial charge on any atom is -0.497 e. The van der Waals surface area contributed by atoms with Crippen molar-refractivity contribution in [3.05, 3.63) is 64.9 Å². The molecule has 0 atom stereocenters. The van der Waals surface area contributed by atoms with Crippen molar-refractivity contribution in [1.82, 2.24) is 4.98 Å². The van der Waals surface area contributed by atoms with Gasteiger partial charge in [0.2, 0.25) is 5.91 Å². The molecule has 0 aliphatic rings. The molecule has 0 aliphatic carbocycles. The summed E-state index contributed by atoms with van der Waals surface area (Å²) in [6.45, 7) is 1.35. The fraction of sp³-hybridized carbons (Fsp3) is 0.150. The summed E-state index contributed by atoms with van der Waals surface area (Å²) in [5.74, 6) is -0.780. The van der Waals surface area contributed by atoms with E-state index >= 15 is 0 Å². The number of carbonyl (C=O) groups is 2. The monoisotopic (exact) mass is 415 g/mol. The fourth-order valence-electron chi connectivity index (χ4n) is 2.61. The van der Waals surface area contributed by atoms with Gasteiger partial charge >= 0.3 is 0 Å². The van der Waals surface area contributed by atoms with Crippen LogP contribution in [0.4, 0.5) is 15.2 Å². The Balaban J connectivity index is 1.83. The molecule has 3 aromatic rings. The molecular weight excluding hydrogens is 397 g/mol. The van der Waals surface area contributed by atoms with Crippen molar-refractivity contribution in [3.63, 3.8) is 0 Å². The molecule has 0 aliphatic heterocycles. The second kappa shape index (κ2) is 8.70. The molecule has 2 aromatic carbocycles. The highest BCUT2D eigenvalue weighted by molar-refractivity contribution is 7.14. The first-order valence-corrected chi connectivity index (χ1v) is 9.39. The zero-order valence-electron chi connectivity index (χ0n) is 15.7. The predicted octanol–water partition coefficient (Wildman–Crippen LogP) is 3.65. The van der Waals surface area contributed by atoms with E-state index < -0.39 is 11.7 Å². The number of aromatic nitrogens is 1. The van der Waals surface area contributed by atoms with E-state index in [4.69, 9.17) is 15.2 Å². The van der Waals surface area contributed by atoms with Crippen LogP contribution in [-0.2, 0) is 11.4 Å². The van der Waals surface area contributed by atoms with E-state index in [0.717, 1.165) is 0 Å². The third kappa shape index (κ3) is 4.52. The SMILES string of the molecule is COc1ccc(C(N)=O)c(OCc2csc(N(C(C)=O)c3ccccc3F)n2)c1. The number of para-hydroxylation sites is 1. The van der Waals surface area contributed by atoms with Crippen molar-refractivity contribution in [2.45, 2.75) is 13.5 Å². The van der Waals surface area contributed by atoms with Crippen molar-refractivity contribution in [1.29, 1.82) is 0 Å². The molecule has 0 bridgehead atoms. The van der Waals surface area contributed by atoms with E-state index in [9.17, 15) is 14.0 Å². The number of rotatable bonds is 7. The molecule has 7 nitrogen and oxygen atoms in total. The lowest BCUT2D eigenvalue weighted by Crippen LogP contribution is -2.23. The van der Waals surface area contributed by atoms with Crippen LogP contribution >= 0.6 is 11.3 Å². The Hall–Kier alpha value is -3.46. The Kier molecular flexibility index (Phi) is 6.08. The van der Waals surface area contributed by atoms with Crippen LogP contribution in [0.1, 0.15) is 23.0 Å². The highest BCUT2D eigenvalue weighted by Gasteiger charge is 2.21. The van der Waals surface area contributed by atoms with Crippen LogP contribution in [0.25, 0.3) is 0 Å².